The van der Waals surface area contributed by atoms with Gasteiger partial charge < -0.3 is 34.2 Å². The van der Waals surface area contributed by atoms with Crippen LogP contribution in [0, 0.1) is 5.92 Å². The summed E-state index contributed by atoms with van der Waals surface area (Å²) in [6.07, 6.45) is 1.23. The van der Waals surface area contributed by atoms with E-state index < -0.39 is 23.8 Å². The number of hydrogen-bond donors (Lipinski definition) is 1. The van der Waals surface area contributed by atoms with Gasteiger partial charge in [-0.1, -0.05) is 53.0 Å². The SMILES string of the molecule is CCCC(C)OC(=O)Oc1cc(C[C@](N)(CCOC(=O)CC(C)CC)C(=O)OC)ccc1OC(=O)O[C@@H](C)CCC. The normalized spacial score (nSPS) is 14.5. The van der Waals surface area contributed by atoms with Crippen LogP contribution >= 0.6 is 0 Å². The molecule has 0 spiro atoms. The molecule has 0 saturated carbocycles. The molecule has 2 unspecified atom stereocenters. The number of esters is 2. The third kappa shape index (κ3) is 13.2. The van der Waals surface area contributed by atoms with Crippen LogP contribution in [0.4, 0.5) is 9.59 Å². The quantitative estimate of drug-likeness (QED) is 0.133. The first kappa shape index (κ1) is 35.7. The third-order valence-corrected chi connectivity index (χ3v) is 6.51. The summed E-state index contributed by atoms with van der Waals surface area (Å²) in [5.41, 5.74) is 5.35. The number of carbonyl (C=O) groups excluding carboxylic acids is 4. The van der Waals surface area contributed by atoms with Gasteiger partial charge >= 0.3 is 24.2 Å². The van der Waals surface area contributed by atoms with E-state index in [-0.39, 0.29) is 61.5 Å². The van der Waals surface area contributed by atoms with Crippen molar-refractivity contribution in [3.63, 3.8) is 0 Å². The van der Waals surface area contributed by atoms with Crippen molar-refractivity contribution in [1.29, 1.82) is 0 Å². The smallest absolute Gasteiger partial charge is 0.468 e. The maximum Gasteiger partial charge on any atom is 0.514 e. The molecule has 1 aromatic rings. The number of nitrogens with two attached hydrogens (primary N) is 1. The lowest BCUT2D eigenvalue weighted by molar-refractivity contribution is -0.151. The van der Waals surface area contributed by atoms with Gasteiger partial charge in [0.1, 0.15) is 17.7 Å². The molecule has 0 heterocycles. The molecule has 1 rings (SSSR count). The molecular formula is C30H47NO10. The molecule has 11 heteroatoms. The molecule has 0 saturated heterocycles. The van der Waals surface area contributed by atoms with Crippen LogP contribution < -0.4 is 15.2 Å². The van der Waals surface area contributed by atoms with E-state index in [1.54, 1.807) is 19.9 Å². The molecule has 0 radical (unpaired) electrons. The Bertz CT molecular complexity index is 997. The molecule has 0 aliphatic carbocycles. The molecule has 2 N–H and O–H groups in total. The van der Waals surface area contributed by atoms with E-state index in [1.165, 1.54) is 19.2 Å². The van der Waals surface area contributed by atoms with Crippen molar-refractivity contribution in [3.8, 4) is 11.5 Å². The molecule has 0 aliphatic heterocycles. The summed E-state index contributed by atoms with van der Waals surface area (Å²) < 4.78 is 31.5. The Kier molecular flexibility index (Phi) is 15.8. The summed E-state index contributed by atoms with van der Waals surface area (Å²) in [6, 6.07) is 4.39. The highest BCUT2D eigenvalue weighted by Gasteiger charge is 2.36. The van der Waals surface area contributed by atoms with E-state index in [1.807, 2.05) is 27.7 Å². The number of ether oxygens (including phenoxy) is 6. The Hall–Kier alpha value is -3.34. The summed E-state index contributed by atoms with van der Waals surface area (Å²) in [5.74, 6) is -1.11. The second-order valence-electron chi connectivity index (χ2n) is 10.4. The van der Waals surface area contributed by atoms with Crippen molar-refractivity contribution in [2.24, 2.45) is 11.7 Å². The van der Waals surface area contributed by atoms with Crippen LogP contribution in [0.3, 0.4) is 0 Å². The molecule has 41 heavy (non-hydrogen) atoms. The molecule has 1 aromatic carbocycles. The summed E-state index contributed by atoms with van der Waals surface area (Å²) in [4.78, 5) is 49.6. The zero-order valence-corrected chi connectivity index (χ0v) is 25.5. The molecule has 0 aromatic heterocycles. The highest BCUT2D eigenvalue weighted by atomic mass is 16.7. The monoisotopic (exact) mass is 581 g/mol. The van der Waals surface area contributed by atoms with Crippen LogP contribution in [0.1, 0.15) is 92.1 Å². The van der Waals surface area contributed by atoms with E-state index >= 15 is 0 Å². The summed E-state index contributed by atoms with van der Waals surface area (Å²) >= 11 is 0. The topological polar surface area (TPSA) is 150 Å². The van der Waals surface area contributed by atoms with Crippen molar-refractivity contribution < 1.29 is 47.6 Å². The third-order valence-electron chi connectivity index (χ3n) is 6.51. The molecule has 232 valence electrons. The van der Waals surface area contributed by atoms with Crippen molar-refractivity contribution in [3.05, 3.63) is 23.8 Å². The van der Waals surface area contributed by atoms with Crippen LogP contribution in [0.5, 0.6) is 11.5 Å². The average Bonchev–Trinajstić information content (AvgIpc) is 2.89. The number of methoxy groups -OCH3 is 1. The van der Waals surface area contributed by atoms with Crippen LogP contribution in [-0.4, -0.2) is 55.7 Å². The molecule has 0 bridgehead atoms. The maximum atomic E-state index is 12.7. The fourth-order valence-corrected chi connectivity index (χ4v) is 3.98. The zero-order chi connectivity index (χ0) is 31.0. The van der Waals surface area contributed by atoms with Crippen LogP contribution in [0.15, 0.2) is 18.2 Å². The highest BCUT2D eigenvalue weighted by Crippen LogP contribution is 2.31. The lowest BCUT2D eigenvalue weighted by Gasteiger charge is -2.27. The van der Waals surface area contributed by atoms with Gasteiger partial charge in [-0.05, 0) is 50.3 Å². The summed E-state index contributed by atoms with van der Waals surface area (Å²) in [7, 11) is 1.21. The van der Waals surface area contributed by atoms with E-state index in [0.29, 0.717) is 18.4 Å². The Labute approximate surface area is 243 Å². The molecule has 11 nitrogen and oxygen atoms in total. The molecule has 4 atom stereocenters. The van der Waals surface area contributed by atoms with Crippen LogP contribution in [0.25, 0.3) is 0 Å². The predicted octanol–water partition coefficient (Wildman–Crippen LogP) is 5.88. The standard InChI is InChI=1S/C30H47NO10/c1-8-11-21(5)38-28(34)40-24-14-13-23(18-25(24)41-29(35)39-22(6)12-9-2)19-30(31,27(33)36-7)15-16-37-26(32)17-20(4)10-3/h13-14,18,20-22H,8-12,15-17,19,31H2,1-7H3/t20?,21-,22?,30+/m0/s1. The van der Waals surface area contributed by atoms with Crippen molar-refractivity contribution in [1.82, 2.24) is 0 Å². The second-order valence-corrected chi connectivity index (χ2v) is 10.4. The van der Waals surface area contributed by atoms with Crippen LogP contribution in [-0.2, 0) is 35.0 Å². The first-order valence-electron chi connectivity index (χ1n) is 14.3. The Morgan fingerprint density at radius 1 is 0.878 bits per heavy atom. The van der Waals surface area contributed by atoms with E-state index in [2.05, 4.69) is 0 Å². The minimum absolute atomic E-state index is 0.0153. The largest absolute Gasteiger partial charge is 0.514 e. The second kappa shape index (κ2) is 18.2. The number of rotatable bonds is 17. The van der Waals surface area contributed by atoms with Gasteiger partial charge in [0.05, 0.1) is 13.7 Å². The van der Waals surface area contributed by atoms with Gasteiger partial charge in [-0.15, -0.1) is 0 Å². The van der Waals surface area contributed by atoms with Gasteiger partial charge in [0.15, 0.2) is 11.5 Å². The van der Waals surface area contributed by atoms with E-state index in [9.17, 15) is 19.2 Å². The van der Waals surface area contributed by atoms with Gasteiger partial charge in [0.2, 0.25) is 0 Å². The summed E-state index contributed by atoms with van der Waals surface area (Å²) in [6.45, 7) is 11.2. The van der Waals surface area contributed by atoms with E-state index in [4.69, 9.17) is 34.2 Å². The minimum Gasteiger partial charge on any atom is -0.468 e. The maximum absolute atomic E-state index is 12.7. The zero-order valence-electron chi connectivity index (χ0n) is 25.5. The molecule has 0 amide bonds. The Morgan fingerprint density at radius 3 is 1.95 bits per heavy atom. The lowest BCUT2D eigenvalue weighted by Crippen LogP contribution is -2.51. The first-order valence-corrected chi connectivity index (χ1v) is 14.3. The number of carbonyl (C=O) groups is 4. The highest BCUT2D eigenvalue weighted by molar-refractivity contribution is 5.81. The number of hydrogen-bond acceptors (Lipinski definition) is 11. The van der Waals surface area contributed by atoms with Gasteiger partial charge in [-0.3, -0.25) is 9.59 Å². The first-order chi connectivity index (χ1) is 19.4. The lowest BCUT2D eigenvalue weighted by atomic mass is 9.88. The van der Waals surface area contributed by atoms with Crippen LogP contribution in [0.2, 0.25) is 0 Å². The van der Waals surface area contributed by atoms with Gasteiger partial charge in [-0.25, -0.2) is 9.59 Å². The van der Waals surface area contributed by atoms with Gasteiger partial charge in [0, 0.05) is 19.3 Å². The molecule has 0 aliphatic rings. The minimum atomic E-state index is -1.56. The predicted molar refractivity (Wildman–Crippen MR) is 152 cm³/mol. The van der Waals surface area contributed by atoms with E-state index in [0.717, 1.165) is 19.3 Å². The van der Waals surface area contributed by atoms with Crippen molar-refractivity contribution in [2.75, 3.05) is 13.7 Å². The van der Waals surface area contributed by atoms with Crippen molar-refractivity contribution in [2.45, 2.75) is 111 Å². The van der Waals surface area contributed by atoms with Gasteiger partial charge in [0.25, 0.3) is 0 Å². The van der Waals surface area contributed by atoms with Gasteiger partial charge in [-0.2, -0.15) is 0 Å². The average molecular weight is 582 g/mol. The fraction of sp³-hybridized carbons (Fsp3) is 0.667. The number of benzene rings is 1. The Morgan fingerprint density at radius 2 is 1.44 bits per heavy atom. The fourth-order valence-electron chi connectivity index (χ4n) is 3.98. The Balaban J connectivity index is 3.17. The molecular weight excluding hydrogens is 534 g/mol. The molecule has 0 fully saturated rings. The van der Waals surface area contributed by atoms with Crippen molar-refractivity contribution >= 4 is 24.2 Å². The summed E-state index contributed by atoms with van der Waals surface area (Å²) in [5, 5.41) is 0.